The van der Waals surface area contributed by atoms with Gasteiger partial charge in [0.15, 0.2) is 23.1 Å². The molecule has 0 aliphatic carbocycles. The minimum absolute atomic E-state index is 0.488. The van der Waals surface area contributed by atoms with Crippen molar-refractivity contribution in [1.29, 1.82) is 0 Å². The van der Waals surface area contributed by atoms with Crippen LogP contribution in [0.25, 0.3) is 100 Å². The van der Waals surface area contributed by atoms with Crippen LogP contribution in [0.2, 0.25) is 0 Å². The Labute approximate surface area is 274 Å². The zero-order valence-corrected chi connectivity index (χ0v) is 25.5. The van der Waals surface area contributed by atoms with Crippen molar-refractivity contribution in [3.05, 3.63) is 146 Å². The molecule has 6 heteroatoms. The molecule has 0 saturated carbocycles. The molecule has 0 amide bonds. The summed E-state index contributed by atoms with van der Waals surface area (Å²) in [6, 6.07) is 48.9. The van der Waals surface area contributed by atoms with E-state index in [0.717, 1.165) is 60.1 Å². The normalized spacial score (nSPS) is 11.8. The van der Waals surface area contributed by atoms with Crippen LogP contribution in [-0.4, -0.2) is 19.9 Å². The average Bonchev–Trinajstić information content (AvgIpc) is 3.77. The number of oxazole rings is 1. The third kappa shape index (κ3) is 4.20. The lowest BCUT2D eigenvalue weighted by atomic mass is 10.0. The second-order valence-electron chi connectivity index (χ2n) is 11.9. The van der Waals surface area contributed by atoms with Gasteiger partial charge in [0.1, 0.15) is 16.7 Å². The number of hydrogen-bond donors (Lipinski definition) is 0. The topological polar surface area (TPSA) is 77.8 Å². The molecule has 0 unspecified atom stereocenters. The number of aromatic nitrogens is 4. The van der Waals surface area contributed by atoms with E-state index in [4.69, 9.17) is 28.8 Å². The third-order valence-corrected chi connectivity index (χ3v) is 8.93. The van der Waals surface area contributed by atoms with Crippen LogP contribution in [0.3, 0.4) is 0 Å². The molecule has 0 spiro atoms. The van der Waals surface area contributed by atoms with Crippen LogP contribution in [0, 0.1) is 0 Å². The molecule has 0 atom stereocenters. The Morgan fingerprint density at radius 2 is 1.02 bits per heavy atom. The van der Waals surface area contributed by atoms with E-state index >= 15 is 0 Å². The highest BCUT2D eigenvalue weighted by molar-refractivity contribution is 6.24. The van der Waals surface area contributed by atoms with E-state index < -0.39 is 0 Å². The van der Waals surface area contributed by atoms with Crippen molar-refractivity contribution in [3.63, 3.8) is 0 Å². The van der Waals surface area contributed by atoms with Crippen molar-refractivity contribution in [2.75, 3.05) is 0 Å². The van der Waals surface area contributed by atoms with Gasteiger partial charge in [0, 0.05) is 27.5 Å². The Morgan fingerprint density at radius 1 is 0.396 bits per heavy atom. The maximum atomic E-state index is 6.84. The van der Waals surface area contributed by atoms with Crippen molar-refractivity contribution in [2.45, 2.75) is 0 Å². The van der Waals surface area contributed by atoms with E-state index in [1.807, 2.05) is 91.0 Å². The van der Waals surface area contributed by atoms with Gasteiger partial charge in [0.25, 0.3) is 0 Å². The van der Waals surface area contributed by atoms with E-state index in [9.17, 15) is 0 Å². The Morgan fingerprint density at radius 3 is 1.77 bits per heavy atom. The Kier molecular flexibility index (Phi) is 5.77. The summed E-state index contributed by atoms with van der Waals surface area (Å²) in [7, 11) is 0. The minimum Gasteiger partial charge on any atom is -0.455 e. The second-order valence-corrected chi connectivity index (χ2v) is 11.9. The van der Waals surface area contributed by atoms with Gasteiger partial charge in [0.05, 0.1) is 10.9 Å². The lowest BCUT2D eigenvalue weighted by Gasteiger charge is -2.08. The molecule has 224 valence electrons. The van der Waals surface area contributed by atoms with Gasteiger partial charge in [-0.2, -0.15) is 0 Å². The van der Waals surface area contributed by atoms with E-state index in [2.05, 4.69) is 54.6 Å². The fourth-order valence-electron chi connectivity index (χ4n) is 6.60. The number of benzene rings is 7. The summed E-state index contributed by atoms with van der Waals surface area (Å²) < 4.78 is 13.4. The van der Waals surface area contributed by atoms with Gasteiger partial charge in [-0.05, 0) is 40.4 Å². The quantitative estimate of drug-likeness (QED) is 0.196. The first-order chi connectivity index (χ1) is 23.8. The van der Waals surface area contributed by atoms with Crippen LogP contribution in [0.4, 0.5) is 0 Å². The van der Waals surface area contributed by atoms with Crippen LogP contribution in [0.1, 0.15) is 0 Å². The zero-order chi connectivity index (χ0) is 31.6. The van der Waals surface area contributed by atoms with Crippen molar-refractivity contribution in [1.82, 2.24) is 19.9 Å². The fraction of sp³-hybridized carbons (Fsp3) is 0. The Balaban J connectivity index is 1.29. The van der Waals surface area contributed by atoms with Gasteiger partial charge < -0.3 is 8.83 Å². The standard InChI is InChI=1S/C42H24N4O2/c1-3-13-27(14-4-1)39-44-40(28-15-5-2-6-16-28)46-41(45-39)33-24-34-36(43-42(47-34)30-20-19-25-11-7-8-17-29(25)23-30)35-32-22-21-26-12-9-10-18-31(26)37(32)48-38(33)35/h1-24H. The second kappa shape index (κ2) is 10.4. The maximum Gasteiger partial charge on any atom is 0.227 e. The lowest BCUT2D eigenvalue weighted by Crippen LogP contribution is -2.00. The molecule has 0 N–H and O–H groups in total. The lowest BCUT2D eigenvalue weighted by molar-refractivity contribution is 0.619. The van der Waals surface area contributed by atoms with E-state index in [1.54, 1.807) is 0 Å². The number of furan rings is 1. The molecular formula is C42H24N4O2. The smallest absolute Gasteiger partial charge is 0.227 e. The highest BCUT2D eigenvalue weighted by Gasteiger charge is 2.24. The molecule has 10 aromatic rings. The first-order valence-corrected chi connectivity index (χ1v) is 15.8. The van der Waals surface area contributed by atoms with Crippen LogP contribution in [-0.2, 0) is 0 Å². The van der Waals surface area contributed by atoms with Crippen molar-refractivity contribution in [2.24, 2.45) is 0 Å². The van der Waals surface area contributed by atoms with E-state index in [1.165, 1.54) is 0 Å². The summed E-state index contributed by atoms with van der Waals surface area (Å²) >= 11 is 0. The fourth-order valence-corrected chi connectivity index (χ4v) is 6.60. The number of hydrogen-bond acceptors (Lipinski definition) is 6. The van der Waals surface area contributed by atoms with Crippen molar-refractivity contribution < 1.29 is 8.83 Å². The molecule has 48 heavy (non-hydrogen) atoms. The van der Waals surface area contributed by atoms with Gasteiger partial charge in [-0.3, -0.25) is 0 Å². The van der Waals surface area contributed by atoms with Gasteiger partial charge in [-0.25, -0.2) is 19.9 Å². The molecule has 10 rings (SSSR count). The SMILES string of the molecule is c1ccc(-c2nc(-c3ccccc3)nc(-c3cc4oc(-c5ccc6ccccc6c5)nc4c4c3oc3c5ccccc5ccc34)n2)cc1. The van der Waals surface area contributed by atoms with Crippen LogP contribution in [0.5, 0.6) is 0 Å². The van der Waals surface area contributed by atoms with E-state index in [0.29, 0.717) is 40.1 Å². The Hall–Kier alpha value is -6.66. The summed E-state index contributed by atoms with van der Waals surface area (Å²) in [6.07, 6.45) is 0. The summed E-state index contributed by atoms with van der Waals surface area (Å²) in [6.45, 7) is 0. The molecule has 0 aliphatic rings. The predicted octanol–water partition coefficient (Wildman–Crippen LogP) is 10.9. The van der Waals surface area contributed by atoms with Crippen LogP contribution >= 0.6 is 0 Å². The largest absolute Gasteiger partial charge is 0.455 e. The zero-order valence-electron chi connectivity index (χ0n) is 25.5. The summed E-state index contributed by atoms with van der Waals surface area (Å²) in [5.74, 6) is 2.17. The highest BCUT2D eigenvalue weighted by Crippen LogP contribution is 2.43. The average molecular weight is 617 g/mol. The highest BCUT2D eigenvalue weighted by atomic mass is 16.4. The molecule has 0 saturated heterocycles. The molecule has 7 aromatic carbocycles. The predicted molar refractivity (Wildman–Crippen MR) is 191 cm³/mol. The first-order valence-electron chi connectivity index (χ1n) is 15.8. The number of fused-ring (bicyclic) bond motifs is 8. The van der Waals surface area contributed by atoms with Gasteiger partial charge >= 0.3 is 0 Å². The monoisotopic (exact) mass is 616 g/mol. The van der Waals surface area contributed by atoms with Gasteiger partial charge in [-0.1, -0.05) is 121 Å². The van der Waals surface area contributed by atoms with Gasteiger partial charge in [-0.15, -0.1) is 0 Å². The molecule has 3 heterocycles. The molecule has 6 nitrogen and oxygen atoms in total. The molecule has 0 bridgehead atoms. The summed E-state index contributed by atoms with van der Waals surface area (Å²) in [5.41, 5.74) is 6.18. The minimum atomic E-state index is 0.488. The summed E-state index contributed by atoms with van der Waals surface area (Å²) in [5, 5.41) is 6.21. The number of rotatable bonds is 4. The van der Waals surface area contributed by atoms with Crippen LogP contribution < -0.4 is 0 Å². The summed E-state index contributed by atoms with van der Waals surface area (Å²) in [4.78, 5) is 20.1. The first kappa shape index (κ1) is 26.5. The van der Waals surface area contributed by atoms with Gasteiger partial charge in [0.2, 0.25) is 5.89 Å². The van der Waals surface area contributed by atoms with E-state index in [-0.39, 0.29) is 0 Å². The molecule has 0 aliphatic heterocycles. The Bertz CT molecular complexity index is 2780. The molecule has 3 aromatic heterocycles. The van der Waals surface area contributed by atoms with Crippen LogP contribution in [0.15, 0.2) is 154 Å². The molecular weight excluding hydrogens is 592 g/mol. The third-order valence-electron chi connectivity index (χ3n) is 8.93. The maximum absolute atomic E-state index is 6.84. The number of nitrogens with zero attached hydrogens (tertiary/aromatic N) is 4. The van der Waals surface area contributed by atoms with Crippen molar-refractivity contribution >= 4 is 54.6 Å². The molecule has 0 radical (unpaired) electrons. The molecule has 0 fully saturated rings. The van der Waals surface area contributed by atoms with Crippen molar-refractivity contribution in [3.8, 4) is 45.6 Å².